The van der Waals surface area contributed by atoms with Crippen molar-refractivity contribution in [3.63, 3.8) is 0 Å². The molecule has 1 fully saturated rings. The van der Waals surface area contributed by atoms with E-state index in [9.17, 15) is 20.4 Å². The molecular weight excluding hydrogens is 278 g/mol. The molecule has 1 heterocycles. The molecule has 2 rings (SSSR count). The summed E-state index contributed by atoms with van der Waals surface area (Å²) in [5.74, 6) is -0.328. The maximum Gasteiger partial charge on any atom is 0.157 e. The number of hydrogen-bond donors (Lipinski definition) is 6. The van der Waals surface area contributed by atoms with Crippen molar-refractivity contribution in [2.75, 3.05) is 13.2 Å². The van der Waals surface area contributed by atoms with Crippen molar-refractivity contribution in [1.82, 2.24) is 5.32 Å². The molecule has 1 aromatic carbocycles. The van der Waals surface area contributed by atoms with Gasteiger partial charge in [0, 0.05) is 13.0 Å². The Bertz CT molecular complexity index is 469. The zero-order valence-corrected chi connectivity index (χ0v) is 11.5. The molecule has 1 aliphatic heterocycles. The van der Waals surface area contributed by atoms with Crippen LogP contribution in [-0.4, -0.2) is 63.2 Å². The first kappa shape index (κ1) is 16.0. The van der Waals surface area contributed by atoms with Crippen molar-refractivity contribution in [1.29, 1.82) is 0 Å². The molecule has 7 nitrogen and oxygen atoms in total. The van der Waals surface area contributed by atoms with E-state index in [1.807, 2.05) is 0 Å². The number of ether oxygens (including phenoxy) is 1. The molecule has 0 spiro atoms. The molecule has 21 heavy (non-hydrogen) atoms. The summed E-state index contributed by atoms with van der Waals surface area (Å²) in [6.45, 7) is 0.165. The number of rotatable bonds is 5. The zero-order valence-electron chi connectivity index (χ0n) is 11.5. The number of aliphatic hydroxyl groups is 3. The molecule has 0 saturated carbocycles. The van der Waals surface area contributed by atoms with Crippen LogP contribution in [0.3, 0.4) is 0 Å². The van der Waals surface area contributed by atoms with Crippen molar-refractivity contribution in [2.24, 2.45) is 0 Å². The summed E-state index contributed by atoms with van der Waals surface area (Å²) in [4.78, 5) is 0. The second-order valence-electron chi connectivity index (χ2n) is 5.17. The summed E-state index contributed by atoms with van der Waals surface area (Å²) in [6, 6.07) is 4.60. The van der Waals surface area contributed by atoms with Crippen molar-refractivity contribution in [3.05, 3.63) is 23.8 Å². The third-order valence-electron chi connectivity index (χ3n) is 3.58. The molecule has 0 aromatic heterocycles. The normalized spacial score (nSPS) is 29.5. The average molecular weight is 299 g/mol. The lowest BCUT2D eigenvalue weighted by molar-refractivity contribution is -0.186. The van der Waals surface area contributed by atoms with Gasteiger partial charge >= 0.3 is 0 Å². The van der Waals surface area contributed by atoms with Gasteiger partial charge in [0.15, 0.2) is 11.5 Å². The maximum atomic E-state index is 9.69. The average Bonchev–Trinajstić information content (AvgIpc) is 2.46. The number of aromatic hydroxyl groups is 2. The molecule has 4 atom stereocenters. The fourth-order valence-electron chi connectivity index (χ4n) is 2.34. The SMILES string of the molecule is OC[C@H]1OC(NCCc2ccc(O)c(O)c2)C[C@@H](O)[C@@H]1O. The fourth-order valence-corrected chi connectivity index (χ4v) is 2.34. The molecule has 0 bridgehead atoms. The highest BCUT2D eigenvalue weighted by molar-refractivity contribution is 5.40. The second-order valence-corrected chi connectivity index (χ2v) is 5.17. The number of benzene rings is 1. The van der Waals surface area contributed by atoms with Crippen molar-refractivity contribution in [3.8, 4) is 11.5 Å². The molecule has 1 aromatic rings. The minimum atomic E-state index is -1.08. The monoisotopic (exact) mass is 299 g/mol. The fraction of sp³-hybridized carbons (Fsp3) is 0.571. The molecule has 0 aliphatic carbocycles. The third kappa shape index (κ3) is 4.05. The van der Waals surface area contributed by atoms with E-state index >= 15 is 0 Å². The van der Waals surface area contributed by atoms with E-state index < -0.39 is 24.5 Å². The van der Waals surface area contributed by atoms with Gasteiger partial charge in [0.2, 0.25) is 0 Å². The van der Waals surface area contributed by atoms with Crippen molar-refractivity contribution in [2.45, 2.75) is 37.4 Å². The van der Waals surface area contributed by atoms with Gasteiger partial charge in [-0.3, -0.25) is 5.32 Å². The zero-order chi connectivity index (χ0) is 15.4. The van der Waals surface area contributed by atoms with Crippen LogP contribution < -0.4 is 5.32 Å². The Morgan fingerprint density at radius 3 is 2.62 bits per heavy atom. The molecule has 0 amide bonds. The first-order valence-electron chi connectivity index (χ1n) is 6.88. The van der Waals surface area contributed by atoms with Gasteiger partial charge in [-0.1, -0.05) is 6.07 Å². The van der Waals surface area contributed by atoms with Gasteiger partial charge in [-0.15, -0.1) is 0 Å². The number of phenols is 2. The Morgan fingerprint density at radius 1 is 1.19 bits per heavy atom. The number of hydrogen-bond acceptors (Lipinski definition) is 7. The smallest absolute Gasteiger partial charge is 0.157 e. The van der Waals surface area contributed by atoms with Crippen molar-refractivity contribution < 1.29 is 30.3 Å². The van der Waals surface area contributed by atoms with Gasteiger partial charge in [0.1, 0.15) is 18.4 Å². The van der Waals surface area contributed by atoms with Crippen LogP contribution in [-0.2, 0) is 11.2 Å². The van der Waals surface area contributed by atoms with Crippen LogP contribution in [0.4, 0.5) is 0 Å². The summed E-state index contributed by atoms with van der Waals surface area (Å²) in [6.07, 6.45) is -2.45. The van der Waals surface area contributed by atoms with Gasteiger partial charge in [0.05, 0.1) is 12.7 Å². The highest BCUT2D eigenvalue weighted by Gasteiger charge is 2.35. The molecule has 7 heteroatoms. The number of aliphatic hydroxyl groups excluding tert-OH is 3. The predicted octanol–water partition coefficient (Wildman–Crippen LogP) is -0.941. The van der Waals surface area contributed by atoms with Gasteiger partial charge in [-0.2, -0.15) is 0 Å². The largest absolute Gasteiger partial charge is 0.504 e. The Balaban J connectivity index is 1.81. The topological polar surface area (TPSA) is 122 Å². The number of phenolic OH excluding ortho intramolecular Hbond substituents is 2. The van der Waals surface area contributed by atoms with E-state index in [0.717, 1.165) is 5.56 Å². The molecule has 1 aliphatic rings. The Kier molecular flexibility index (Phi) is 5.38. The Morgan fingerprint density at radius 2 is 1.95 bits per heavy atom. The van der Waals surface area contributed by atoms with Crippen LogP contribution >= 0.6 is 0 Å². The summed E-state index contributed by atoms with van der Waals surface area (Å²) in [7, 11) is 0. The van der Waals surface area contributed by atoms with Crippen LogP contribution in [0.1, 0.15) is 12.0 Å². The summed E-state index contributed by atoms with van der Waals surface area (Å²) in [5.41, 5.74) is 0.841. The Labute approximate surface area is 122 Å². The van der Waals surface area contributed by atoms with Crippen LogP contribution in [0.15, 0.2) is 18.2 Å². The predicted molar refractivity (Wildman–Crippen MR) is 73.9 cm³/mol. The first-order chi connectivity index (χ1) is 10.0. The molecule has 1 saturated heterocycles. The standard InChI is InChI=1S/C14H21NO6/c16-7-12-14(20)11(19)6-13(21-12)15-4-3-8-1-2-9(17)10(18)5-8/h1-2,5,11-20H,3-4,6-7H2/t11-,12-,13?,14+/m1/s1. The summed E-state index contributed by atoms with van der Waals surface area (Å²) < 4.78 is 5.44. The summed E-state index contributed by atoms with van der Waals surface area (Å²) in [5, 5.41) is 50.1. The minimum absolute atomic E-state index is 0.162. The minimum Gasteiger partial charge on any atom is -0.504 e. The van der Waals surface area contributed by atoms with Crippen molar-refractivity contribution >= 4 is 0 Å². The van der Waals surface area contributed by atoms with Gasteiger partial charge in [-0.25, -0.2) is 0 Å². The van der Waals surface area contributed by atoms with E-state index in [-0.39, 0.29) is 24.5 Å². The highest BCUT2D eigenvalue weighted by atomic mass is 16.5. The second kappa shape index (κ2) is 7.06. The van der Waals surface area contributed by atoms with E-state index in [4.69, 9.17) is 9.84 Å². The van der Waals surface area contributed by atoms with E-state index in [0.29, 0.717) is 13.0 Å². The highest BCUT2D eigenvalue weighted by Crippen LogP contribution is 2.25. The molecule has 0 radical (unpaired) electrons. The lowest BCUT2D eigenvalue weighted by Gasteiger charge is -2.36. The lowest BCUT2D eigenvalue weighted by atomic mass is 10.0. The van der Waals surface area contributed by atoms with Crippen LogP contribution in [0.25, 0.3) is 0 Å². The first-order valence-corrected chi connectivity index (χ1v) is 6.88. The Hall–Kier alpha value is -1.38. The molecule has 118 valence electrons. The van der Waals surface area contributed by atoms with E-state index in [1.165, 1.54) is 12.1 Å². The van der Waals surface area contributed by atoms with E-state index in [1.54, 1.807) is 6.07 Å². The third-order valence-corrected chi connectivity index (χ3v) is 3.58. The van der Waals surface area contributed by atoms with Gasteiger partial charge in [-0.05, 0) is 24.1 Å². The van der Waals surface area contributed by atoms with Crippen LogP contribution in [0.5, 0.6) is 11.5 Å². The maximum absolute atomic E-state index is 9.69. The quantitative estimate of drug-likeness (QED) is 0.388. The van der Waals surface area contributed by atoms with E-state index in [2.05, 4.69) is 5.32 Å². The van der Waals surface area contributed by atoms with Gasteiger partial charge in [0.25, 0.3) is 0 Å². The van der Waals surface area contributed by atoms with Gasteiger partial charge < -0.3 is 30.3 Å². The lowest BCUT2D eigenvalue weighted by Crippen LogP contribution is -2.54. The molecular formula is C14H21NO6. The number of nitrogens with one attached hydrogen (secondary N) is 1. The van der Waals surface area contributed by atoms with Crippen LogP contribution in [0.2, 0.25) is 0 Å². The molecule has 6 N–H and O–H groups in total. The summed E-state index contributed by atoms with van der Waals surface area (Å²) >= 11 is 0. The van der Waals surface area contributed by atoms with Crippen LogP contribution in [0, 0.1) is 0 Å². The molecule has 1 unspecified atom stereocenters.